The van der Waals surface area contributed by atoms with Gasteiger partial charge in [-0.05, 0) is 37.5 Å². The molecule has 1 aliphatic rings. The van der Waals surface area contributed by atoms with Gasteiger partial charge in [-0.3, -0.25) is 5.32 Å². The highest BCUT2D eigenvalue weighted by Crippen LogP contribution is 2.28. The number of rotatable bonds is 5. The molecule has 1 fully saturated rings. The third-order valence-corrected chi connectivity index (χ3v) is 4.11. The minimum absolute atomic E-state index is 0.255. The molecule has 1 unspecified atom stereocenters. The number of nitrogens with one attached hydrogen (secondary N) is 1. The molecule has 1 aromatic rings. The average Bonchev–Trinajstić information content (AvgIpc) is 2.99. The first kappa shape index (κ1) is 14.9. The van der Waals surface area contributed by atoms with Gasteiger partial charge in [-0.25, -0.2) is 4.79 Å². The van der Waals surface area contributed by atoms with Gasteiger partial charge < -0.3 is 9.47 Å². The highest BCUT2D eigenvalue weighted by Gasteiger charge is 2.38. The van der Waals surface area contributed by atoms with Crippen LogP contribution in [0.2, 0.25) is 0 Å². The molecule has 0 amide bonds. The zero-order valence-corrected chi connectivity index (χ0v) is 12.4. The summed E-state index contributed by atoms with van der Waals surface area (Å²) in [7, 11) is 3.06. The maximum absolute atomic E-state index is 12.3. The zero-order valence-electron chi connectivity index (χ0n) is 12.4. The molecule has 1 aliphatic carbocycles. The van der Waals surface area contributed by atoms with Gasteiger partial charge in [0.1, 0.15) is 11.3 Å². The lowest BCUT2D eigenvalue weighted by Crippen LogP contribution is -2.51. The second kappa shape index (κ2) is 6.27. The first-order chi connectivity index (χ1) is 9.60. The fourth-order valence-corrected chi connectivity index (χ4v) is 2.87. The number of esters is 1. The van der Waals surface area contributed by atoms with Crippen LogP contribution < -0.4 is 10.1 Å². The number of ether oxygens (including phenoxy) is 2. The molecule has 0 aromatic heterocycles. The largest absolute Gasteiger partial charge is 0.497 e. The Kier molecular flexibility index (Phi) is 4.65. The lowest BCUT2D eigenvalue weighted by Gasteiger charge is -2.31. The molecule has 0 bridgehead atoms. The molecule has 4 nitrogen and oxygen atoms in total. The standard InChI is InChI=1S/C16H23NO3/c1-16(15(18)20-3,17-13-6-4-5-7-13)12-8-10-14(19-2)11-9-12/h8-11,13,17H,4-7H2,1-3H3. The second-order valence-electron chi connectivity index (χ2n) is 5.47. The van der Waals surface area contributed by atoms with Crippen molar-refractivity contribution in [3.8, 4) is 5.75 Å². The van der Waals surface area contributed by atoms with E-state index in [0.717, 1.165) is 24.2 Å². The maximum Gasteiger partial charge on any atom is 0.330 e. The molecule has 1 saturated carbocycles. The van der Waals surface area contributed by atoms with E-state index in [1.807, 2.05) is 31.2 Å². The van der Waals surface area contributed by atoms with Crippen LogP contribution in [0.3, 0.4) is 0 Å². The van der Waals surface area contributed by atoms with Crippen LogP contribution in [-0.4, -0.2) is 26.2 Å². The fraction of sp³-hybridized carbons (Fsp3) is 0.562. The second-order valence-corrected chi connectivity index (χ2v) is 5.47. The van der Waals surface area contributed by atoms with Crippen molar-refractivity contribution in [2.75, 3.05) is 14.2 Å². The topological polar surface area (TPSA) is 47.6 Å². The Bertz CT molecular complexity index is 451. The third-order valence-electron chi connectivity index (χ3n) is 4.11. The molecule has 0 aliphatic heterocycles. The predicted molar refractivity (Wildman–Crippen MR) is 77.8 cm³/mol. The number of carbonyl (C=O) groups is 1. The van der Waals surface area contributed by atoms with Gasteiger partial charge in [0.15, 0.2) is 0 Å². The van der Waals surface area contributed by atoms with E-state index in [2.05, 4.69) is 5.32 Å². The molecule has 4 heteroatoms. The molecule has 1 N–H and O–H groups in total. The molecule has 110 valence electrons. The summed E-state index contributed by atoms with van der Waals surface area (Å²) in [4.78, 5) is 12.3. The molecule has 1 aromatic carbocycles. The monoisotopic (exact) mass is 277 g/mol. The van der Waals surface area contributed by atoms with Gasteiger partial charge >= 0.3 is 5.97 Å². The number of benzene rings is 1. The maximum atomic E-state index is 12.3. The number of hydrogen-bond acceptors (Lipinski definition) is 4. The minimum atomic E-state index is -0.809. The van der Waals surface area contributed by atoms with Gasteiger partial charge in [0.05, 0.1) is 14.2 Å². The van der Waals surface area contributed by atoms with Crippen molar-refractivity contribution < 1.29 is 14.3 Å². The number of hydrogen-bond donors (Lipinski definition) is 1. The lowest BCUT2D eigenvalue weighted by molar-refractivity contribution is -0.148. The Balaban J connectivity index is 2.26. The Morgan fingerprint density at radius 2 is 1.80 bits per heavy atom. The van der Waals surface area contributed by atoms with Gasteiger partial charge in [0.2, 0.25) is 0 Å². The average molecular weight is 277 g/mol. The lowest BCUT2D eigenvalue weighted by atomic mass is 9.90. The first-order valence-corrected chi connectivity index (χ1v) is 7.11. The van der Waals surface area contributed by atoms with Crippen molar-refractivity contribution in [1.82, 2.24) is 5.32 Å². The van der Waals surface area contributed by atoms with E-state index in [1.54, 1.807) is 7.11 Å². The summed E-state index contributed by atoms with van der Waals surface area (Å²) in [6.45, 7) is 1.89. The smallest absolute Gasteiger partial charge is 0.330 e. The van der Waals surface area contributed by atoms with Crippen LogP contribution in [0.25, 0.3) is 0 Å². The number of methoxy groups -OCH3 is 2. The fourth-order valence-electron chi connectivity index (χ4n) is 2.87. The molecule has 2 rings (SSSR count). The van der Waals surface area contributed by atoms with Crippen LogP contribution in [0.4, 0.5) is 0 Å². The Labute approximate surface area is 120 Å². The molecule has 1 atom stereocenters. The summed E-state index contributed by atoms with van der Waals surface area (Å²) >= 11 is 0. The van der Waals surface area contributed by atoms with Crippen LogP contribution in [0.5, 0.6) is 5.75 Å². The van der Waals surface area contributed by atoms with E-state index in [-0.39, 0.29) is 5.97 Å². The van der Waals surface area contributed by atoms with E-state index in [9.17, 15) is 4.79 Å². The zero-order chi connectivity index (χ0) is 14.6. The third kappa shape index (κ3) is 2.96. The van der Waals surface area contributed by atoms with Crippen LogP contribution in [0, 0.1) is 0 Å². The predicted octanol–water partition coefficient (Wildman–Crippen LogP) is 2.62. The van der Waals surface area contributed by atoms with Gasteiger partial charge in [0, 0.05) is 6.04 Å². The molecule has 0 spiro atoms. The molecule has 0 saturated heterocycles. The Morgan fingerprint density at radius 1 is 1.20 bits per heavy atom. The highest BCUT2D eigenvalue weighted by atomic mass is 16.5. The summed E-state index contributed by atoms with van der Waals surface area (Å²) in [5.41, 5.74) is 0.0906. The summed E-state index contributed by atoms with van der Waals surface area (Å²) in [5.74, 6) is 0.524. The van der Waals surface area contributed by atoms with E-state index in [4.69, 9.17) is 9.47 Å². The van der Waals surface area contributed by atoms with Gasteiger partial charge in [-0.1, -0.05) is 25.0 Å². The van der Waals surface area contributed by atoms with E-state index in [1.165, 1.54) is 20.0 Å². The molecule has 20 heavy (non-hydrogen) atoms. The van der Waals surface area contributed by atoms with Gasteiger partial charge in [-0.2, -0.15) is 0 Å². The molecule has 0 radical (unpaired) electrons. The van der Waals surface area contributed by atoms with Crippen LogP contribution in [0.1, 0.15) is 38.2 Å². The van der Waals surface area contributed by atoms with Gasteiger partial charge in [-0.15, -0.1) is 0 Å². The highest BCUT2D eigenvalue weighted by molar-refractivity contribution is 5.82. The molecular formula is C16H23NO3. The SMILES string of the molecule is COC(=O)C(C)(NC1CCCC1)c1ccc(OC)cc1. The quantitative estimate of drug-likeness (QED) is 0.840. The minimum Gasteiger partial charge on any atom is -0.497 e. The summed E-state index contributed by atoms with van der Waals surface area (Å²) in [5, 5.41) is 3.48. The van der Waals surface area contributed by atoms with Crippen molar-refractivity contribution in [2.24, 2.45) is 0 Å². The van der Waals surface area contributed by atoms with E-state index >= 15 is 0 Å². The Morgan fingerprint density at radius 3 is 2.30 bits per heavy atom. The normalized spacial score (nSPS) is 18.6. The summed E-state index contributed by atoms with van der Waals surface area (Å²) < 4.78 is 10.2. The van der Waals surface area contributed by atoms with E-state index < -0.39 is 5.54 Å². The van der Waals surface area contributed by atoms with Crippen molar-refractivity contribution in [3.63, 3.8) is 0 Å². The van der Waals surface area contributed by atoms with Crippen molar-refractivity contribution in [2.45, 2.75) is 44.2 Å². The summed E-state index contributed by atoms with van der Waals surface area (Å²) in [6.07, 6.45) is 4.67. The van der Waals surface area contributed by atoms with Crippen LogP contribution in [-0.2, 0) is 15.1 Å². The van der Waals surface area contributed by atoms with Crippen molar-refractivity contribution >= 4 is 5.97 Å². The van der Waals surface area contributed by atoms with Crippen LogP contribution >= 0.6 is 0 Å². The Hall–Kier alpha value is -1.55. The first-order valence-electron chi connectivity index (χ1n) is 7.11. The number of carbonyl (C=O) groups excluding carboxylic acids is 1. The van der Waals surface area contributed by atoms with Gasteiger partial charge in [0.25, 0.3) is 0 Å². The summed E-state index contributed by atoms with van der Waals surface area (Å²) in [6, 6.07) is 7.94. The molecule has 0 heterocycles. The molecular weight excluding hydrogens is 254 g/mol. The van der Waals surface area contributed by atoms with E-state index in [0.29, 0.717) is 6.04 Å². The van der Waals surface area contributed by atoms with Crippen molar-refractivity contribution in [3.05, 3.63) is 29.8 Å². The van der Waals surface area contributed by atoms with Crippen LogP contribution in [0.15, 0.2) is 24.3 Å². The van der Waals surface area contributed by atoms with Crippen molar-refractivity contribution in [1.29, 1.82) is 0 Å².